The summed E-state index contributed by atoms with van der Waals surface area (Å²) in [5.41, 5.74) is 8.37. The van der Waals surface area contributed by atoms with E-state index in [-0.39, 0.29) is 27.1 Å². The summed E-state index contributed by atoms with van der Waals surface area (Å²) < 4.78 is 8.58. The molecule has 0 spiro atoms. The molecule has 1 aliphatic rings. The van der Waals surface area contributed by atoms with Gasteiger partial charge in [-0.25, -0.2) is 4.98 Å². The third-order valence-corrected chi connectivity index (χ3v) is 8.22. The van der Waals surface area contributed by atoms with Gasteiger partial charge < -0.3 is 9.30 Å². The zero-order valence-corrected chi connectivity index (χ0v) is 27.9. The van der Waals surface area contributed by atoms with E-state index in [4.69, 9.17) is 14.7 Å². The van der Waals surface area contributed by atoms with Crippen LogP contribution in [-0.4, -0.2) is 20.5 Å². The number of nitrogens with zero attached hydrogens (tertiary/aromatic N) is 4. The Morgan fingerprint density at radius 2 is 1.50 bits per heavy atom. The van der Waals surface area contributed by atoms with Crippen molar-refractivity contribution in [3.8, 4) is 28.4 Å². The summed E-state index contributed by atoms with van der Waals surface area (Å²) >= 11 is 0. The van der Waals surface area contributed by atoms with Gasteiger partial charge in [-0.3, -0.25) is 0 Å². The van der Waals surface area contributed by atoms with Crippen LogP contribution in [-0.2, 0) is 21.1 Å². The number of benzene rings is 5. The van der Waals surface area contributed by atoms with Crippen LogP contribution < -0.4 is 14.9 Å². The molecule has 1 N–H and O–H groups in total. The second kappa shape index (κ2) is 12.1. The normalized spacial score (nSPS) is 12.5. The van der Waals surface area contributed by atoms with Crippen LogP contribution in [0, 0.1) is 19.1 Å². The Hall–Kier alpha value is -4.90. The molecule has 5 aromatic carbocycles. The summed E-state index contributed by atoms with van der Waals surface area (Å²) in [6.45, 7) is 6.40. The maximum absolute atomic E-state index is 6.42. The van der Waals surface area contributed by atoms with E-state index >= 15 is 0 Å². The molecule has 7 heteroatoms. The molecule has 0 atom stereocenters. The minimum atomic E-state index is 0. The van der Waals surface area contributed by atoms with Crippen LogP contribution in [0.3, 0.4) is 0 Å². The maximum Gasteiger partial charge on any atom is 0.145 e. The molecular weight excluding hydrogens is 752 g/mol. The first-order valence-corrected chi connectivity index (χ1v) is 15.1. The SMILES string of the molecule is Cc1ccccc1-c1ccnc(-n2c3[c-]c(Oc4[c-]c(N5[OH+]N(C(C)C)c6ccccc65)ccc4)ccc3c3ccccc32)c1.[Pt]. The molecule has 0 unspecified atom stereocenters. The van der Waals surface area contributed by atoms with E-state index in [1.54, 1.807) is 0 Å². The average molecular weight is 783 g/mol. The molecule has 230 valence electrons. The number of ether oxygens (including phenoxy) is 1. The van der Waals surface area contributed by atoms with E-state index in [2.05, 4.69) is 116 Å². The summed E-state index contributed by atoms with van der Waals surface area (Å²) in [5, 5.41) is 6.16. The number of pyridine rings is 1. The Kier molecular flexibility index (Phi) is 7.85. The molecule has 7 aromatic rings. The Morgan fingerprint density at radius 1 is 0.739 bits per heavy atom. The molecule has 0 aliphatic carbocycles. The third kappa shape index (κ3) is 5.14. The van der Waals surface area contributed by atoms with Crippen LogP contribution in [0.25, 0.3) is 38.8 Å². The van der Waals surface area contributed by atoms with Crippen LogP contribution in [0.4, 0.5) is 17.1 Å². The quantitative estimate of drug-likeness (QED) is 0.125. The maximum atomic E-state index is 6.42. The van der Waals surface area contributed by atoms with Crippen molar-refractivity contribution in [1.82, 2.24) is 9.55 Å². The summed E-state index contributed by atoms with van der Waals surface area (Å²) in [5.74, 6) is 2.01. The largest absolute Gasteiger partial charge is 0.509 e. The molecule has 46 heavy (non-hydrogen) atoms. The van der Waals surface area contributed by atoms with Gasteiger partial charge in [0.05, 0.1) is 6.04 Å². The number of fused-ring (bicyclic) bond motifs is 4. The Labute approximate surface area is 282 Å². The Bertz CT molecular complexity index is 2210. The van der Waals surface area contributed by atoms with Crippen molar-refractivity contribution < 1.29 is 30.7 Å². The number of aryl methyl sites for hydroxylation is 1. The minimum absolute atomic E-state index is 0. The Balaban J connectivity index is 0.00000338. The van der Waals surface area contributed by atoms with E-state index in [0.717, 1.165) is 50.2 Å². The second-order valence-electron chi connectivity index (χ2n) is 11.5. The van der Waals surface area contributed by atoms with Crippen LogP contribution in [0.15, 0.2) is 121 Å². The summed E-state index contributed by atoms with van der Waals surface area (Å²) in [6, 6.07) is 46.4. The fourth-order valence-corrected chi connectivity index (χ4v) is 6.10. The first-order chi connectivity index (χ1) is 22.0. The van der Waals surface area contributed by atoms with Crippen molar-refractivity contribution >= 4 is 38.9 Å². The average Bonchev–Trinajstić information content (AvgIpc) is 3.62. The number of aromatic nitrogens is 2. The number of hydrogen-bond donors (Lipinski definition) is 0. The van der Waals surface area contributed by atoms with Crippen molar-refractivity contribution in [2.75, 3.05) is 10.1 Å². The van der Waals surface area contributed by atoms with E-state index in [1.165, 1.54) is 11.1 Å². The van der Waals surface area contributed by atoms with Crippen molar-refractivity contribution in [3.05, 3.63) is 139 Å². The molecule has 0 bridgehead atoms. The molecular formula is C39H31N4O2Pt-. The molecule has 6 nitrogen and oxygen atoms in total. The van der Waals surface area contributed by atoms with Crippen molar-refractivity contribution in [1.29, 1.82) is 0 Å². The molecule has 0 fully saturated rings. The zero-order valence-electron chi connectivity index (χ0n) is 25.6. The van der Waals surface area contributed by atoms with Crippen molar-refractivity contribution in [2.24, 2.45) is 0 Å². The molecule has 8 rings (SSSR count). The molecule has 0 saturated heterocycles. The van der Waals surface area contributed by atoms with Gasteiger partial charge in [0.1, 0.15) is 17.2 Å². The predicted molar refractivity (Wildman–Crippen MR) is 181 cm³/mol. The smallest absolute Gasteiger partial charge is 0.145 e. The molecule has 1 aliphatic heterocycles. The first-order valence-electron chi connectivity index (χ1n) is 15.1. The van der Waals surface area contributed by atoms with Crippen LogP contribution in [0.5, 0.6) is 11.5 Å². The number of anilines is 3. The minimum Gasteiger partial charge on any atom is -0.509 e. The predicted octanol–water partition coefficient (Wildman–Crippen LogP) is 9.75. The fourth-order valence-electron chi connectivity index (χ4n) is 6.10. The number of rotatable bonds is 6. The monoisotopic (exact) mass is 782 g/mol. The summed E-state index contributed by atoms with van der Waals surface area (Å²) in [4.78, 5) is 9.70. The molecule has 0 saturated carbocycles. The second-order valence-corrected chi connectivity index (χ2v) is 11.5. The zero-order chi connectivity index (χ0) is 30.5. The Morgan fingerprint density at radius 3 is 2.35 bits per heavy atom. The van der Waals surface area contributed by atoms with E-state index in [9.17, 15) is 0 Å². The van der Waals surface area contributed by atoms with Gasteiger partial charge in [-0.15, -0.1) is 45.8 Å². The van der Waals surface area contributed by atoms with Gasteiger partial charge >= 0.3 is 0 Å². The van der Waals surface area contributed by atoms with Crippen LogP contribution in [0.2, 0.25) is 0 Å². The fraction of sp³-hybridized carbons (Fsp3) is 0.103. The molecule has 2 aromatic heterocycles. The summed E-state index contributed by atoms with van der Waals surface area (Å²) in [7, 11) is 0. The molecule has 0 amide bonds. The van der Waals surface area contributed by atoms with Crippen molar-refractivity contribution in [2.45, 2.75) is 26.8 Å². The van der Waals surface area contributed by atoms with Crippen LogP contribution in [0.1, 0.15) is 19.4 Å². The topological polar surface area (TPSA) is 46.3 Å². The van der Waals surface area contributed by atoms with Gasteiger partial charge in [-0.2, -0.15) is 17.1 Å². The van der Waals surface area contributed by atoms with E-state index in [0.29, 0.717) is 11.5 Å². The van der Waals surface area contributed by atoms with Crippen LogP contribution >= 0.6 is 0 Å². The number of hydrogen-bond acceptors (Lipinski definition) is 4. The molecule has 3 heterocycles. The van der Waals surface area contributed by atoms with Gasteiger partial charge in [0.2, 0.25) is 0 Å². The van der Waals surface area contributed by atoms with Gasteiger partial charge in [-0.05, 0) is 73.2 Å². The standard InChI is InChI=1S/C39H30N4O2.Pt/c1-26(2)42-36-17-8-9-18-37(36)43(45-42)29-12-10-13-30(24-29)44-31-19-20-34-33-15-6-7-16-35(33)41(38(34)25-31)39-23-28(21-22-40-39)32-14-5-4-11-27(32)3;/h4-23,26H,1-3H3;/q-2;/p+1. The van der Waals surface area contributed by atoms with Crippen molar-refractivity contribution in [3.63, 3.8) is 0 Å². The van der Waals surface area contributed by atoms with E-state index < -0.39 is 0 Å². The first kappa shape index (κ1) is 29.8. The van der Waals surface area contributed by atoms with Gasteiger partial charge in [0.25, 0.3) is 0 Å². The van der Waals surface area contributed by atoms with E-state index in [1.807, 2.05) is 52.7 Å². The van der Waals surface area contributed by atoms with Gasteiger partial charge in [-0.1, -0.05) is 60.1 Å². The number of hydroxylamine groups is 1. The summed E-state index contributed by atoms with van der Waals surface area (Å²) in [6.07, 6.45) is 1.88. The molecule has 0 radical (unpaired) electrons. The third-order valence-electron chi connectivity index (χ3n) is 8.22. The number of para-hydroxylation sites is 3. The van der Waals surface area contributed by atoms with Gasteiger partial charge in [0.15, 0.2) is 0 Å². The van der Waals surface area contributed by atoms with Gasteiger partial charge in [0, 0.05) is 50.0 Å².